The Hall–Kier alpha value is -6.26. The fourth-order valence-electron chi connectivity index (χ4n) is 6.58. The Labute approximate surface area is 341 Å². The molecule has 0 spiro atoms. The number of fused-ring (bicyclic) bond motifs is 1. The van der Waals surface area contributed by atoms with E-state index < -0.39 is 11.9 Å². The number of aliphatic carboxylic acids is 2. The number of oxazole rings is 1. The fraction of sp³-hybridized carbons (Fsp3) is 0.267. The SMILES string of the molecule is Cc1c(COc2cc(OCc3cncc(C#N)c3)c(CNCCCC(=O)O)cc2Cl)cccc1-c1cccc(-c2nc3cc(CNCCCC(=O)O)ccc3o2)c1C. The summed E-state index contributed by atoms with van der Waals surface area (Å²) in [7, 11) is 0. The maximum Gasteiger partial charge on any atom is 0.303 e. The topological polar surface area (TPSA) is 180 Å². The molecule has 0 bridgehead atoms. The Morgan fingerprint density at radius 1 is 0.776 bits per heavy atom. The first-order valence-electron chi connectivity index (χ1n) is 18.9. The number of aromatic nitrogens is 2. The summed E-state index contributed by atoms with van der Waals surface area (Å²) in [5.74, 6) is -0.147. The molecule has 13 heteroatoms. The normalized spacial score (nSPS) is 11.1. The maximum absolute atomic E-state index is 11.0. The Balaban J connectivity index is 1.18. The van der Waals surface area contributed by atoms with Crippen LogP contribution in [0.1, 0.15) is 64.6 Å². The third-order valence-electron chi connectivity index (χ3n) is 9.70. The summed E-state index contributed by atoms with van der Waals surface area (Å²) in [5, 5.41) is 34.1. The highest BCUT2D eigenvalue weighted by Crippen LogP contribution is 2.37. The van der Waals surface area contributed by atoms with E-state index in [4.69, 9.17) is 40.7 Å². The maximum atomic E-state index is 11.0. The van der Waals surface area contributed by atoms with Gasteiger partial charge in [0.05, 0.1) is 10.6 Å². The molecule has 0 saturated heterocycles. The molecule has 298 valence electrons. The molecular formula is C45H44ClN5O7. The highest BCUT2D eigenvalue weighted by molar-refractivity contribution is 6.32. The number of pyridine rings is 1. The summed E-state index contributed by atoms with van der Waals surface area (Å²) in [4.78, 5) is 30.7. The first-order chi connectivity index (χ1) is 28.1. The van der Waals surface area contributed by atoms with Crippen molar-refractivity contribution in [2.75, 3.05) is 13.1 Å². The van der Waals surface area contributed by atoms with Crippen molar-refractivity contribution in [2.45, 2.75) is 65.8 Å². The van der Waals surface area contributed by atoms with Gasteiger partial charge in [-0.2, -0.15) is 5.26 Å². The molecule has 12 nitrogen and oxygen atoms in total. The van der Waals surface area contributed by atoms with E-state index in [9.17, 15) is 14.9 Å². The van der Waals surface area contributed by atoms with Gasteiger partial charge in [-0.25, -0.2) is 4.98 Å². The predicted octanol–water partition coefficient (Wildman–Crippen LogP) is 8.77. The van der Waals surface area contributed by atoms with Gasteiger partial charge < -0.3 is 34.7 Å². The molecule has 0 aliphatic heterocycles. The zero-order chi connectivity index (χ0) is 41.0. The number of carboxylic acid groups (broad SMARTS) is 2. The van der Waals surface area contributed by atoms with Gasteiger partial charge in [-0.05, 0) is 103 Å². The first-order valence-corrected chi connectivity index (χ1v) is 19.3. The zero-order valence-corrected chi connectivity index (χ0v) is 33.1. The lowest BCUT2D eigenvalue weighted by Crippen LogP contribution is -2.16. The van der Waals surface area contributed by atoms with Gasteiger partial charge in [-0.3, -0.25) is 14.6 Å². The van der Waals surface area contributed by atoms with E-state index in [1.807, 2.05) is 42.5 Å². The molecule has 0 amide bonds. The van der Waals surface area contributed by atoms with Crippen LogP contribution in [0.4, 0.5) is 0 Å². The summed E-state index contributed by atoms with van der Waals surface area (Å²) < 4.78 is 18.8. The Bertz CT molecular complexity index is 2460. The number of nitriles is 1. The number of carboxylic acids is 2. The zero-order valence-electron chi connectivity index (χ0n) is 32.3. The summed E-state index contributed by atoms with van der Waals surface area (Å²) in [6, 6.07) is 25.4. The molecule has 0 unspecified atom stereocenters. The standard InChI is InChI=1S/C45H44ClN5O7/c1-28-33(27-57-42-20-41(56-26-32-17-31(21-47)23-50-24-32)34(19-38(42)46)25-49-16-6-12-44(54)55)7-3-8-35(28)36-9-4-10-37(29(36)2)45-51-39-18-30(13-14-40(39)58-45)22-48-15-5-11-43(52)53/h3-4,7-10,13-14,17-20,23-24,48-49H,5-6,11-12,15-16,22,25-27H2,1-2H3,(H,52,53)(H,54,55). The van der Waals surface area contributed by atoms with Gasteiger partial charge in [0.25, 0.3) is 0 Å². The van der Waals surface area contributed by atoms with E-state index >= 15 is 0 Å². The lowest BCUT2D eigenvalue weighted by atomic mass is 9.91. The van der Waals surface area contributed by atoms with Crippen molar-refractivity contribution in [3.63, 3.8) is 0 Å². The van der Waals surface area contributed by atoms with Crippen LogP contribution >= 0.6 is 11.6 Å². The second-order valence-electron chi connectivity index (χ2n) is 13.9. The van der Waals surface area contributed by atoms with Crippen LogP contribution in [-0.2, 0) is 35.9 Å². The highest BCUT2D eigenvalue weighted by atomic mass is 35.5. The van der Waals surface area contributed by atoms with E-state index in [2.05, 4.69) is 47.7 Å². The van der Waals surface area contributed by atoms with Crippen molar-refractivity contribution in [3.8, 4) is 40.1 Å². The van der Waals surface area contributed by atoms with Crippen LogP contribution in [0.2, 0.25) is 5.02 Å². The van der Waals surface area contributed by atoms with Crippen molar-refractivity contribution in [1.82, 2.24) is 20.6 Å². The van der Waals surface area contributed by atoms with Crippen LogP contribution in [0.15, 0.2) is 89.6 Å². The quantitative estimate of drug-likeness (QED) is 0.0540. The van der Waals surface area contributed by atoms with Gasteiger partial charge in [0, 0.05) is 61.1 Å². The van der Waals surface area contributed by atoms with Crippen LogP contribution in [0.3, 0.4) is 0 Å². The van der Waals surface area contributed by atoms with Crippen LogP contribution < -0.4 is 20.1 Å². The molecule has 6 aromatic rings. The minimum absolute atomic E-state index is 0.0665. The van der Waals surface area contributed by atoms with E-state index in [-0.39, 0.29) is 26.1 Å². The Kier molecular flexibility index (Phi) is 14.1. The van der Waals surface area contributed by atoms with Gasteiger partial charge in [0.1, 0.15) is 36.3 Å². The summed E-state index contributed by atoms with van der Waals surface area (Å²) in [6.45, 7) is 6.63. The molecular weight excluding hydrogens is 758 g/mol. The van der Waals surface area contributed by atoms with Crippen molar-refractivity contribution < 1.29 is 33.7 Å². The van der Waals surface area contributed by atoms with Crippen molar-refractivity contribution in [3.05, 3.63) is 129 Å². The average molecular weight is 802 g/mol. The molecule has 0 saturated carbocycles. The number of carbonyl (C=O) groups is 2. The predicted molar refractivity (Wildman–Crippen MR) is 221 cm³/mol. The van der Waals surface area contributed by atoms with Crippen molar-refractivity contribution in [2.24, 2.45) is 0 Å². The monoisotopic (exact) mass is 801 g/mol. The van der Waals surface area contributed by atoms with Crippen LogP contribution in [0.25, 0.3) is 33.7 Å². The molecule has 2 heterocycles. The number of hydrogen-bond acceptors (Lipinski definition) is 10. The van der Waals surface area contributed by atoms with Gasteiger partial charge in [0.15, 0.2) is 5.58 Å². The largest absolute Gasteiger partial charge is 0.488 e. The van der Waals surface area contributed by atoms with Gasteiger partial charge in [0.2, 0.25) is 5.89 Å². The molecule has 4 N–H and O–H groups in total. The number of benzene rings is 4. The summed E-state index contributed by atoms with van der Waals surface area (Å²) >= 11 is 6.78. The average Bonchev–Trinajstić information content (AvgIpc) is 3.63. The first kappa shape index (κ1) is 41.4. The molecule has 0 fully saturated rings. The lowest BCUT2D eigenvalue weighted by molar-refractivity contribution is -0.138. The van der Waals surface area contributed by atoms with E-state index in [0.29, 0.717) is 72.6 Å². The molecule has 0 atom stereocenters. The third kappa shape index (κ3) is 10.8. The van der Waals surface area contributed by atoms with E-state index in [0.717, 1.165) is 55.6 Å². The minimum atomic E-state index is -0.846. The van der Waals surface area contributed by atoms with E-state index in [1.54, 1.807) is 24.4 Å². The molecule has 58 heavy (non-hydrogen) atoms. The van der Waals surface area contributed by atoms with Gasteiger partial charge in [-0.15, -0.1) is 0 Å². The van der Waals surface area contributed by atoms with Crippen LogP contribution in [0.5, 0.6) is 11.5 Å². The molecule has 4 aromatic carbocycles. The number of nitrogens with one attached hydrogen (secondary N) is 2. The minimum Gasteiger partial charge on any atom is -0.488 e. The molecule has 0 aliphatic carbocycles. The molecule has 2 aromatic heterocycles. The molecule has 0 aliphatic rings. The summed E-state index contributed by atoms with van der Waals surface area (Å²) in [6.07, 6.45) is 4.38. The fourth-order valence-corrected chi connectivity index (χ4v) is 6.82. The highest BCUT2D eigenvalue weighted by Gasteiger charge is 2.18. The van der Waals surface area contributed by atoms with Crippen molar-refractivity contribution >= 4 is 34.6 Å². The Morgan fingerprint density at radius 3 is 2.21 bits per heavy atom. The molecule has 0 radical (unpaired) electrons. The number of rotatable bonds is 20. The molecule has 6 rings (SSSR count). The van der Waals surface area contributed by atoms with Gasteiger partial charge >= 0.3 is 11.9 Å². The number of halogens is 1. The lowest BCUT2D eigenvalue weighted by Gasteiger charge is -2.18. The van der Waals surface area contributed by atoms with Gasteiger partial charge in [-0.1, -0.05) is 48.0 Å². The number of ether oxygens (including phenoxy) is 2. The van der Waals surface area contributed by atoms with Crippen LogP contribution in [0, 0.1) is 25.2 Å². The van der Waals surface area contributed by atoms with Crippen molar-refractivity contribution in [1.29, 1.82) is 5.26 Å². The second kappa shape index (κ2) is 19.7. The van der Waals surface area contributed by atoms with Crippen LogP contribution in [-0.4, -0.2) is 45.2 Å². The Morgan fingerprint density at radius 2 is 1.47 bits per heavy atom. The summed E-state index contributed by atoms with van der Waals surface area (Å²) in [5.41, 5.74) is 10.4. The number of nitrogens with zero attached hydrogens (tertiary/aromatic N) is 3. The number of hydrogen-bond donors (Lipinski definition) is 4. The van der Waals surface area contributed by atoms with E-state index in [1.165, 1.54) is 6.20 Å². The second-order valence-corrected chi connectivity index (χ2v) is 14.3. The smallest absolute Gasteiger partial charge is 0.303 e. The third-order valence-corrected chi connectivity index (χ3v) is 10.00.